The van der Waals surface area contributed by atoms with Gasteiger partial charge in [-0.2, -0.15) is 0 Å². The van der Waals surface area contributed by atoms with Gasteiger partial charge in [0.25, 0.3) is 0 Å². The predicted octanol–water partition coefficient (Wildman–Crippen LogP) is 5.25. The summed E-state index contributed by atoms with van der Waals surface area (Å²) in [5.74, 6) is 3.40. The first-order valence-electron chi connectivity index (χ1n) is 9.77. The highest BCUT2D eigenvalue weighted by Crippen LogP contribution is 2.65. The third-order valence-corrected chi connectivity index (χ3v) is 8.35. The van der Waals surface area contributed by atoms with E-state index in [1.807, 2.05) is 0 Å². The highest BCUT2D eigenvalue weighted by atomic mass is 14.6. The van der Waals surface area contributed by atoms with Gasteiger partial charge < -0.3 is 5.73 Å². The molecule has 126 valence electrons. The van der Waals surface area contributed by atoms with Crippen LogP contribution in [0.2, 0.25) is 0 Å². The zero-order valence-corrected chi connectivity index (χ0v) is 15.0. The second kappa shape index (κ2) is 5.34. The monoisotopic (exact) mass is 311 g/mol. The van der Waals surface area contributed by atoms with Crippen molar-refractivity contribution in [2.75, 3.05) is 6.54 Å². The van der Waals surface area contributed by atoms with E-state index in [0.29, 0.717) is 10.8 Å². The van der Waals surface area contributed by atoms with Gasteiger partial charge in [0.15, 0.2) is 0 Å². The highest BCUT2D eigenvalue weighted by molar-refractivity contribution is 5.41. The molecule has 2 fully saturated rings. The number of hydrogen-bond donors (Lipinski definition) is 1. The van der Waals surface area contributed by atoms with Crippen molar-refractivity contribution >= 4 is 0 Å². The third kappa shape index (κ3) is 2.15. The lowest BCUT2D eigenvalue weighted by Gasteiger charge is -2.56. The molecule has 2 N–H and O–H groups in total. The van der Waals surface area contributed by atoms with E-state index in [1.165, 1.54) is 50.5 Å². The fourth-order valence-electron chi connectivity index (χ4n) is 6.87. The van der Waals surface area contributed by atoms with Crippen LogP contribution in [0.3, 0.4) is 0 Å². The van der Waals surface area contributed by atoms with Gasteiger partial charge in [-0.05, 0) is 91.6 Å². The van der Waals surface area contributed by atoms with Crippen LogP contribution in [0.4, 0.5) is 0 Å². The van der Waals surface area contributed by atoms with Gasteiger partial charge in [-0.15, -0.1) is 0 Å². The molecular formula is C22H33N. The van der Waals surface area contributed by atoms with Crippen LogP contribution in [0.15, 0.2) is 36.0 Å². The van der Waals surface area contributed by atoms with Crippen LogP contribution in [-0.2, 0) is 0 Å². The second-order valence-electron chi connectivity index (χ2n) is 9.22. The Hall–Kier alpha value is -0.820. The summed E-state index contributed by atoms with van der Waals surface area (Å²) in [7, 11) is 0. The molecule has 0 aromatic heterocycles. The minimum absolute atomic E-state index is 0.397. The fourth-order valence-corrected chi connectivity index (χ4v) is 6.87. The molecule has 0 radical (unpaired) electrons. The van der Waals surface area contributed by atoms with Crippen molar-refractivity contribution in [2.24, 2.45) is 40.2 Å². The second-order valence-corrected chi connectivity index (χ2v) is 9.22. The molecule has 4 rings (SSSR count). The molecule has 23 heavy (non-hydrogen) atoms. The summed E-state index contributed by atoms with van der Waals surface area (Å²) in [6, 6.07) is 0. The Kier molecular flexibility index (Phi) is 3.65. The van der Waals surface area contributed by atoms with Crippen LogP contribution < -0.4 is 5.73 Å². The van der Waals surface area contributed by atoms with Crippen molar-refractivity contribution in [2.45, 2.75) is 58.8 Å². The molecule has 0 aromatic rings. The standard InChI is InChI=1S/C22H33N/c1-15-8-11-22(3)17(14-15)4-6-18-19-7-5-16(10-13-23)21(19,2)12-9-20(18)22/h4,6,14,16,18-20H,1,5,7-13,23H2,2-3H3. The molecule has 0 saturated heterocycles. The number of hydrogen-bond acceptors (Lipinski definition) is 1. The Labute approximate surface area is 142 Å². The van der Waals surface area contributed by atoms with E-state index in [1.54, 1.807) is 5.57 Å². The van der Waals surface area contributed by atoms with Crippen molar-refractivity contribution in [1.82, 2.24) is 0 Å². The lowest BCUT2D eigenvalue weighted by Crippen LogP contribution is -2.48. The molecule has 1 heteroatoms. The first kappa shape index (κ1) is 15.7. The highest BCUT2D eigenvalue weighted by Gasteiger charge is 2.57. The van der Waals surface area contributed by atoms with E-state index >= 15 is 0 Å². The van der Waals surface area contributed by atoms with Gasteiger partial charge >= 0.3 is 0 Å². The Bertz CT molecular complexity index is 571. The van der Waals surface area contributed by atoms with Crippen molar-refractivity contribution < 1.29 is 0 Å². The first-order valence-corrected chi connectivity index (χ1v) is 9.77. The minimum atomic E-state index is 0.397. The summed E-state index contributed by atoms with van der Waals surface area (Å²) in [4.78, 5) is 0. The van der Waals surface area contributed by atoms with E-state index < -0.39 is 0 Å². The zero-order chi connectivity index (χ0) is 16.2. The molecular weight excluding hydrogens is 278 g/mol. The molecule has 4 aliphatic carbocycles. The number of fused-ring (bicyclic) bond motifs is 5. The SMILES string of the molecule is C=C1C=C2C=CC3C(CCC4(C)C(CCN)CCC34)C2(C)CC1. The number of nitrogens with two attached hydrogens (primary N) is 1. The molecule has 2 saturated carbocycles. The number of allylic oxidation sites excluding steroid dienone is 5. The lowest BCUT2D eigenvalue weighted by molar-refractivity contribution is -0.0147. The first-order chi connectivity index (χ1) is 11.0. The summed E-state index contributed by atoms with van der Waals surface area (Å²) in [5.41, 5.74) is 9.74. The van der Waals surface area contributed by atoms with Gasteiger partial charge in [-0.25, -0.2) is 0 Å². The number of rotatable bonds is 2. The van der Waals surface area contributed by atoms with Gasteiger partial charge in [0, 0.05) is 0 Å². The summed E-state index contributed by atoms with van der Waals surface area (Å²) in [5, 5.41) is 0. The van der Waals surface area contributed by atoms with Crippen molar-refractivity contribution in [1.29, 1.82) is 0 Å². The van der Waals surface area contributed by atoms with Crippen LogP contribution in [0.1, 0.15) is 58.8 Å². The smallest absolute Gasteiger partial charge is 0.00382 e. The maximum atomic E-state index is 5.91. The van der Waals surface area contributed by atoms with Gasteiger partial charge in [-0.1, -0.05) is 44.2 Å². The van der Waals surface area contributed by atoms with Crippen LogP contribution >= 0.6 is 0 Å². The molecule has 0 bridgehead atoms. The minimum Gasteiger partial charge on any atom is -0.330 e. The average Bonchev–Trinajstić information content (AvgIpc) is 2.85. The van der Waals surface area contributed by atoms with Crippen LogP contribution in [0, 0.1) is 34.5 Å². The Balaban J connectivity index is 1.68. The Morgan fingerprint density at radius 1 is 1.17 bits per heavy atom. The zero-order valence-electron chi connectivity index (χ0n) is 15.0. The molecule has 0 spiro atoms. The molecule has 1 nitrogen and oxygen atoms in total. The maximum Gasteiger partial charge on any atom is -0.00382 e. The molecule has 6 unspecified atom stereocenters. The van der Waals surface area contributed by atoms with Gasteiger partial charge in [0.1, 0.15) is 0 Å². The lowest BCUT2D eigenvalue weighted by atomic mass is 9.48. The van der Waals surface area contributed by atoms with Crippen LogP contribution in [0.5, 0.6) is 0 Å². The van der Waals surface area contributed by atoms with Gasteiger partial charge in [-0.3, -0.25) is 0 Å². The molecule has 4 aliphatic rings. The maximum absolute atomic E-state index is 5.91. The van der Waals surface area contributed by atoms with E-state index in [2.05, 4.69) is 38.7 Å². The van der Waals surface area contributed by atoms with Crippen molar-refractivity contribution in [3.8, 4) is 0 Å². The molecule has 0 aliphatic heterocycles. The largest absolute Gasteiger partial charge is 0.330 e. The van der Waals surface area contributed by atoms with Crippen molar-refractivity contribution in [3.63, 3.8) is 0 Å². The summed E-state index contributed by atoms with van der Waals surface area (Å²) >= 11 is 0. The third-order valence-electron chi connectivity index (χ3n) is 8.35. The van der Waals surface area contributed by atoms with E-state index in [-0.39, 0.29) is 0 Å². The van der Waals surface area contributed by atoms with Crippen LogP contribution in [0.25, 0.3) is 0 Å². The fraction of sp³-hybridized carbons (Fsp3) is 0.727. The summed E-state index contributed by atoms with van der Waals surface area (Å²) < 4.78 is 0. The van der Waals surface area contributed by atoms with Gasteiger partial charge in [0.2, 0.25) is 0 Å². The molecule has 0 heterocycles. The normalized spacial score (nSPS) is 48.5. The predicted molar refractivity (Wildman–Crippen MR) is 97.9 cm³/mol. The van der Waals surface area contributed by atoms with E-state index in [9.17, 15) is 0 Å². The average molecular weight is 312 g/mol. The Morgan fingerprint density at radius 2 is 2.00 bits per heavy atom. The quantitative estimate of drug-likeness (QED) is 0.741. The Morgan fingerprint density at radius 3 is 2.78 bits per heavy atom. The van der Waals surface area contributed by atoms with E-state index in [4.69, 9.17) is 5.73 Å². The summed E-state index contributed by atoms with van der Waals surface area (Å²) in [6.45, 7) is 10.2. The topological polar surface area (TPSA) is 26.0 Å². The molecule has 0 aromatic carbocycles. The summed E-state index contributed by atoms with van der Waals surface area (Å²) in [6.07, 6.45) is 16.8. The van der Waals surface area contributed by atoms with Crippen molar-refractivity contribution in [3.05, 3.63) is 36.0 Å². The molecule has 6 atom stereocenters. The van der Waals surface area contributed by atoms with Crippen LogP contribution in [-0.4, -0.2) is 6.54 Å². The molecule has 0 amide bonds. The van der Waals surface area contributed by atoms with E-state index in [0.717, 1.165) is 30.2 Å². The van der Waals surface area contributed by atoms with Gasteiger partial charge in [0.05, 0.1) is 0 Å².